The lowest BCUT2D eigenvalue weighted by atomic mass is 9.96. The van der Waals surface area contributed by atoms with Crippen LogP contribution in [0.25, 0.3) is 0 Å². The van der Waals surface area contributed by atoms with Gasteiger partial charge >= 0.3 is 5.97 Å². The first-order chi connectivity index (χ1) is 14.8. The van der Waals surface area contributed by atoms with Crippen molar-refractivity contribution in [2.45, 2.75) is 44.4 Å². The van der Waals surface area contributed by atoms with Crippen molar-refractivity contribution in [1.29, 1.82) is 5.26 Å². The molecule has 0 unspecified atom stereocenters. The quantitative estimate of drug-likeness (QED) is 0.611. The number of benzene rings is 1. The summed E-state index contributed by atoms with van der Waals surface area (Å²) in [5, 5.41) is 12.6. The molecule has 31 heavy (non-hydrogen) atoms. The van der Waals surface area contributed by atoms with Crippen LogP contribution in [-0.2, 0) is 32.4 Å². The summed E-state index contributed by atoms with van der Waals surface area (Å²) < 4.78 is 31.8. The Labute approximate surface area is 185 Å². The van der Waals surface area contributed by atoms with Crippen LogP contribution in [0, 0.1) is 18.3 Å². The van der Waals surface area contributed by atoms with Crippen molar-refractivity contribution in [1.82, 2.24) is 4.72 Å². The van der Waals surface area contributed by atoms with Crippen LogP contribution in [0.4, 0.5) is 5.00 Å². The van der Waals surface area contributed by atoms with E-state index < -0.39 is 28.5 Å². The number of sulfonamides is 1. The minimum absolute atomic E-state index is 0.0563. The van der Waals surface area contributed by atoms with Gasteiger partial charge in [0.2, 0.25) is 10.0 Å². The van der Waals surface area contributed by atoms with Gasteiger partial charge in [0.05, 0.1) is 16.0 Å². The summed E-state index contributed by atoms with van der Waals surface area (Å²) in [4.78, 5) is 25.9. The number of aryl methyl sites for hydroxylation is 2. The number of fused-ring (bicyclic) bond motifs is 1. The fraction of sp³-hybridized carbons (Fsp3) is 0.381. The molecular weight excluding hydrogens is 438 g/mol. The number of thiophene rings is 1. The molecule has 2 aromatic rings. The van der Waals surface area contributed by atoms with Crippen molar-refractivity contribution < 1.29 is 22.7 Å². The second-order valence-electron chi connectivity index (χ2n) is 7.13. The zero-order valence-corrected chi connectivity index (χ0v) is 18.9. The molecule has 0 bridgehead atoms. The van der Waals surface area contributed by atoms with Crippen LogP contribution in [0.2, 0.25) is 0 Å². The van der Waals surface area contributed by atoms with Crippen LogP contribution in [0.15, 0.2) is 23.1 Å². The minimum Gasteiger partial charge on any atom is -0.452 e. The number of hydrogen-bond donors (Lipinski definition) is 2. The zero-order chi connectivity index (χ0) is 22.6. The van der Waals surface area contributed by atoms with Crippen LogP contribution >= 0.6 is 11.3 Å². The smallest absolute Gasteiger partial charge is 0.338 e. The van der Waals surface area contributed by atoms with Gasteiger partial charge in [-0.1, -0.05) is 13.0 Å². The molecule has 1 aliphatic rings. The molecule has 2 N–H and O–H groups in total. The van der Waals surface area contributed by atoms with Gasteiger partial charge in [0, 0.05) is 11.4 Å². The van der Waals surface area contributed by atoms with E-state index >= 15 is 0 Å². The molecule has 0 spiro atoms. The monoisotopic (exact) mass is 461 g/mol. The standard InChI is InChI=1S/C21H23N3O5S2/c1-3-23-31(27,28)14-9-8-13(2)16(10-14)21(26)29-12-19(25)24-20-17(11-22)15-6-4-5-7-18(15)30-20/h8-10,23H,3-7,12H2,1-2H3,(H,24,25). The average Bonchev–Trinajstić information content (AvgIpc) is 3.08. The molecular formula is C21H23N3O5S2. The Hall–Kier alpha value is -2.74. The van der Waals surface area contributed by atoms with Crippen LogP contribution < -0.4 is 10.0 Å². The molecule has 0 radical (unpaired) electrons. The highest BCUT2D eigenvalue weighted by molar-refractivity contribution is 7.89. The maximum Gasteiger partial charge on any atom is 0.338 e. The summed E-state index contributed by atoms with van der Waals surface area (Å²) in [6, 6.07) is 6.31. The number of anilines is 1. The highest BCUT2D eigenvalue weighted by Gasteiger charge is 2.23. The van der Waals surface area contributed by atoms with Crippen LogP contribution in [0.5, 0.6) is 0 Å². The molecule has 1 aliphatic carbocycles. The molecule has 1 heterocycles. The number of ether oxygens (including phenoxy) is 1. The first-order valence-electron chi connectivity index (χ1n) is 9.88. The third-order valence-electron chi connectivity index (χ3n) is 4.94. The summed E-state index contributed by atoms with van der Waals surface area (Å²) in [6.07, 6.45) is 3.80. The van der Waals surface area contributed by atoms with E-state index in [1.54, 1.807) is 13.8 Å². The third kappa shape index (κ3) is 5.12. The van der Waals surface area contributed by atoms with E-state index in [1.807, 2.05) is 0 Å². The lowest BCUT2D eigenvalue weighted by molar-refractivity contribution is -0.119. The number of nitrogens with one attached hydrogen (secondary N) is 2. The van der Waals surface area contributed by atoms with Crippen molar-refractivity contribution >= 4 is 38.2 Å². The highest BCUT2D eigenvalue weighted by atomic mass is 32.2. The number of nitrogens with zero attached hydrogens (tertiary/aromatic N) is 1. The van der Waals surface area contributed by atoms with Gasteiger partial charge in [-0.3, -0.25) is 4.79 Å². The Morgan fingerprint density at radius 2 is 2.00 bits per heavy atom. The van der Waals surface area contributed by atoms with Gasteiger partial charge in [0.1, 0.15) is 11.1 Å². The predicted octanol–water partition coefficient (Wildman–Crippen LogP) is 2.90. The van der Waals surface area contributed by atoms with Gasteiger partial charge in [-0.25, -0.2) is 17.9 Å². The number of amides is 1. The molecule has 1 amide bonds. The maximum absolute atomic E-state index is 12.5. The summed E-state index contributed by atoms with van der Waals surface area (Å²) in [6.45, 7) is 2.97. The number of esters is 1. The molecule has 164 valence electrons. The van der Waals surface area contributed by atoms with Crippen LogP contribution in [0.1, 0.15) is 51.7 Å². The van der Waals surface area contributed by atoms with E-state index in [0.717, 1.165) is 36.1 Å². The topological polar surface area (TPSA) is 125 Å². The minimum atomic E-state index is -3.73. The van der Waals surface area contributed by atoms with E-state index in [1.165, 1.54) is 29.5 Å². The Kier molecular flexibility index (Phi) is 7.10. The van der Waals surface area contributed by atoms with E-state index in [2.05, 4.69) is 16.1 Å². The molecule has 3 rings (SSSR count). The Morgan fingerprint density at radius 1 is 1.26 bits per heavy atom. The summed E-state index contributed by atoms with van der Waals surface area (Å²) in [7, 11) is -3.73. The Balaban J connectivity index is 1.68. The summed E-state index contributed by atoms with van der Waals surface area (Å²) in [5.74, 6) is -1.36. The number of rotatable bonds is 7. The van der Waals surface area contributed by atoms with Crippen LogP contribution in [-0.4, -0.2) is 33.4 Å². The predicted molar refractivity (Wildman–Crippen MR) is 117 cm³/mol. The molecule has 0 aliphatic heterocycles. The fourth-order valence-electron chi connectivity index (χ4n) is 3.41. The number of nitriles is 1. The maximum atomic E-state index is 12.5. The molecule has 1 aromatic carbocycles. The first kappa shape index (κ1) is 22.9. The molecule has 10 heteroatoms. The van der Waals surface area contributed by atoms with Gasteiger partial charge in [-0.05, 0) is 55.9 Å². The average molecular weight is 462 g/mol. The van der Waals surface area contributed by atoms with Crippen LogP contribution in [0.3, 0.4) is 0 Å². The van der Waals surface area contributed by atoms with E-state index in [-0.39, 0.29) is 17.0 Å². The highest BCUT2D eigenvalue weighted by Crippen LogP contribution is 2.37. The zero-order valence-electron chi connectivity index (χ0n) is 17.3. The van der Waals surface area contributed by atoms with Gasteiger partial charge in [-0.15, -0.1) is 11.3 Å². The van der Waals surface area contributed by atoms with Crippen molar-refractivity contribution in [2.24, 2.45) is 0 Å². The Morgan fingerprint density at radius 3 is 2.71 bits per heavy atom. The van der Waals surface area contributed by atoms with Crippen molar-refractivity contribution in [3.05, 3.63) is 45.3 Å². The third-order valence-corrected chi connectivity index (χ3v) is 7.69. The second kappa shape index (κ2) is 9.60. The SMILES string of the molecule is CCNS(=O)(=O)c1ccc(C)c(C(=O)OCC(=O)Nc2sc3c(c2C#N)CCCC3)c1. The molecule has 0 saturated heterocycles. The largest absolute Gasteiger partial charge is 0.452 e. The van der Waals surface area contributed by atoms with Gasteiger partial charge in [0.15, 0.2) is 6.61 Å². The van der Waals surface area contributed by atoms with Gasteiger partial charge < -0.3 is 10.1 Å². The molecule has 0 fully saturated rings. The second-order valence-corrected chi connectivity index (χ2v) is 10.0. The molecule has 0 saturated carbocycles. The normalized spacial score (nSPS) is 13.2. The summed E-state index contributed by atoms with van der Waals surface area (Å²) >= 11 is 1.39. The fourth-order valence-corrected chi connectivity index (χ4v) is 5.73. The first-order valence-corrected chi connectivity index (χ1v) is 12.2. The number of carbonyl (C=O) groups excluding carboxylic acids is 2. The Bertz CT molecular complexity index is 1160. The molecule has 1 aromatic heterocycles. The number of carbonyl (C=O) groups is 2. The van der Waals surface area contributed by atoms with Gasteiger partial charge in [-0.2, -0.15) is 5.26 Å². The van der Waals surface area contributed by atoms with Gasteiger partial charge in [0.25, 0.3) is 5.91 Å². The van der Waals surface area contributed by atoms with Crippen molar-refractivity contribution in [2.75, 3.05) is 18.5 Å². The number of hydrogen-bond acceptors (Lipinski definition) is 7. The summed E-state index contributed by atoms with van der Waals surface area (Å²) in [5.41, 5.74) is 2.08. The van der Waals surface area contributed by atoms with E-state index in [9.17, 15) is 23.3 Å². The lowest BCUT2D eigenvalue weighted by Gasteiger charge is -2.10. The van der Waals surface area contributed by atoms with Crippen molar-refractivity contribution in [3.63, 3.8) is 0 Å². The van der Waals surface area contributed by atoms with E-state index in [0.29, 0.717) is 16.1 Å². The molecule has 8 nitrogen and oxygen atoms in total. The van der Waals surface area contributed by atoms with Crippen molar-refractivity contribution in [3.8, 4) is 6.07 Å². The lowest BCUT2D eigenvalue weighted by Crippen LogP contribution is -2.24. The van der Waals surface area contributed by atoms with E-state index in [4.69, 9.17) is 4.74 Å². The molecule has 0 atom stereocenters.